The molecule has 0 aliphatic heterocycles. The standard InChI is InChI=1S/C16H14F2N2O6/c1-24-13-7-11(12(20(22)23)8-14(13)25-2)15(21)19-9-3-5-10(6-4-9)26-16(17)18/h3-8,16H,1-2H3,(H,19,21). The van der Waals surface area contributed by atoms with Gasteiger partial charge in [-0.15, -0.1) is 0 Å². The molecule has 0 heterocycles. The number of anilines is 1. The first-order chi connectivity index (χ1) is 12.3. The van der Waals surface area contributed by atoms with E-state index < -0.39 is 23.1 Å². The monoisotopic (exact) mass is 368 g/mol. The summed E-state index contributed by atoms with van der Waals surface area (Å²) in [6, 6.07) is 7.36. The van der Waals surface area contributed by atoms with Crippen LogP contribution in [0.1, 0.15) is 10.4 Å². The summed E-state index contributed by atoms with van der Waals surface area (Å²) in [5.41, 5.74) is -0.487. The van der Waals surface area contributed by atoms with E-state index in [9.17, 15) is 23.7 Å². The number of rotatable bonds is 7. The molecule has 0 aliphatic rings. The van der Waals surface area contributed by atoms with Crippen molar-refractivity contribution in [2.45, 2.75) is 6.61 Å². The Balaban J connectivity index is 2.29. The van der Waals surface area contributed by atoms with Crippen molar-refractivity contribution in [2.24, 2.45) is 0 Å². The zero-order valence-electron chi connectivity index (χ0n) is 13.7. The van der Waals surface area contributed by atoms with E-state index in [4.69, 9.17) is 9.47 Å². The summed E-state index contributed by atoms with van der Waals surface area (Å²) >= 11 is 0. The third-order valence-electron chi connectivity index (χ3n) is 3.28. The Hall–Kier alpha value is -3.43. The van der Waals surface area contributed by atoms with Crippen LogP contribution in [0.25, 0.3) is 0 Å². The molecule has 138 valence electrons. The van der Waals surface area contributed by atoms with Gasteiger partial charge < -0.3 is 19.5 Å². The summed E-state index contributed by atoms with van der Waals surface area (Å²) < 4.78 is 38.5. The highest BCUT2D eigenvalue weighted by molar-refractivity contribution is 6.07. The number of nitro benzene ring substituents is 1. The third-order valence-corrected chi connectivity index (χ3v) is 3.28. The maximum Gasteiger partial charge on any atom is 0.387 e. The third kappa shape index (κ3) is 4.35. The Kier molecular flexibility index (Phi) is 5.89. The van der Waals surface area contributed by atoms with Crippen LogP contribution in [0.2, 0.25) is 0 Å². The minimum atomic E-state index is -2.97. The van der Waals surface area contributed by atoms with Gasteiger partial charge in [-0.2, -0.15) is 8.78 Å². The predicted octanol–water partition coefficient (Wildman–Crippen LogP) is 3.47. The highest BCUT2D eigenvalue weighted by atomic mass is 19.3. The van der Waals surface area contributed by atoms with Crippen LogP contribution in [0.5, 0.6) is 17.2 Å². The molecule has 0 saturated heterocycles. The smallest absolute Gasteiger partial charge is 0.387 e. The molecule has 0 aliphatic carbocycles. The van der Waals surface area contributed by atoms with Gasteiger partial charge in [0.1, 0.15) is 11.3 Å². The van der Waals surface area contributed by atoms with Crippen molar-refractivity contribution in [3.63, 3.8) is 0 Å². The second kappa shape index (κ2) is 8.10. The topological polar surface area (TPSA) is 99.9 Å². The number of benzene rings is 2. The average Bonchev–Trinajstić information content (AvgIpc) is 2.61. The lowest BCUT2D eigenvalue weighted by atomic mass is 10.1. The second-order valence-electron chi connectivity index (χ2n) is 4.84. The van der Waals surface area contributed by atoms with Gasteiger partial charge in [0.05, 0.1) is 25.2 Å². The average molecular weight is 368 g/mol. The van der Waals surface area contributed by atoms with Crippen molar-refractivity contribution in [2.75, 3.05) is 19.5 Å². The van der Waals surface area contributed by atoms with Gasteiger partial charge in [0.2, 0.25) is 0 Å². The fraction of sp³-hybridized carbons (Fsp3) is 0.188. The van der Waals surface area contributed by atoms with Crippen LogP contribution in [0, 0.1) is 10.1 Å². The molecule has 0 aromatic heterocycles. The van der Waals surface area contributed by atoms with Gasteiger partial charge in [-0.1, -0.05) is 0 Å². The summed E-state index contributed by atoms with van der Waals surface area (Å²) in [5.74, 6) is -0.622. The van der Waals surface area contributed by atoms with Crippen molar-refractivity contribution < 1.29 is 32.7 Å². The maximum absolute atomic E-state index is 12.4. The molecule has 0 bridgehead atoms. The SMILES string of the molecule is COc1cc(C(=O)Nc2ccc(OC(F)F)cc2)c([N+](=O)[O-])cc1OC. The van der Waals surface area contributed by atoms with Crippen molar-refractivity contribution in [3.8, 4) is 17.2 Å². The number of nitro groups is 1. The van der Waals surface area contributed by atoms with Gasteiger partial charge in [0, 0.05) is 11.8 Å². The van der Waals surface area contributed by atoms with E-state index in [-0.39, 0.29) is 28.5 Å². The number of amides is 1. The summed E-state index contributed by atoms with van der Waals surface area (Å²) in [5, 5.41) is 13.7. The minimum absolute atomic E-state index is 0.0879. The Morgan fingerprint density at radius 1 is 1.12 bits per heavy atom. The zero-order chi connectivity index (χ0) is 19.3. The number of alkyl halides is 2. The van der Waals surface area contributed by atoms with Crippen molar-refractivity contribution >= 4 is 17.3 Å². The van der Waals surface area contributed by atoms with E-state index >= 15 is 0 Å². The van der Waals surface area contributed by atoms with Crippen LogP contribution in [0.4, 0.5) is 20.2 Å². The number of nitrogens with zero attached hydrogens (tertiary/aromatic N) is 1. The Morgan fingerprint density at radius 3 is 2.19 bits per heavy atom. The van der Waals surface area contributed by atoms with E-state index in [1.807, 2.05) is 0 Å². The lowest BCUT2D eigenvalue weighted by molar-refractivity contribution is -0.385. The zero-order valence-corrected chi connectivity index (χ0v) is 13.7. The lowest BCUT2D eigenvalue weighted by Crippen LogP contribution is -2.14. The number of methoxy groups -OCH3 is 2. The number of hydrogen-bond donors (Lipinski definition) is 1. The van der Waals surface area contributed by atoms with Crippen LogP contribution in [-0.4, -0.2) is 31.7 Å². The van der Waals surface area contributed by atoms with Gasteiger partial charge in [0.25, 0.3) is 11.6 Å². The normalized spacial score (nSPS) is 10.3. The number of nitrogens with one attached hydrogen (secondary N) is 1. The molecule has 0 atom stereocenters. The highest BCUT2D eigenvalue weighted by Crippen LogP contribution is 2.34. The second-order valence-corrected chi connectivity index (χ2v) is 4.84. The van der Waals surface area contributed by atoms with Crippen LogP contribution in [-0.2, 0) is 0 Å². The number of halogens is 2. The molecule has 0 unspecified atom stereocenters. The van der Waals surface area contributed by atoms with Crippen LogP contribution in [0.15, 0.2) is 36.4 Å². The first-order valence-corrected chi connectivity index (χ1v) is 7.12. The molecule has 0 spiro atoms. The molecule has 8 nitrogen and oxygen atoms in total. The molecule has 2 aromatic rings. The molecule has 2 rings (SSSR count). The molecule has 1 N–H and O–H groups in total. The van der Waals surface area contributed by atoms with Gasteiger partial charge in [-0.05, 0) is 24.3 Å². The fourth-order valence-electron chi connectivity index (χ4n) is 2.12. The van der Waals surface area contributed by atoms with E-state index in [0.29, 0.717) is 0 Å². The molecule has 0 radical (unpaired) electrons. The number of carbonyl (C=O) groups excluding carboxylic acids is 1. The fourth-order valence-corrected chi connectivity index (χ4v) is 2.12. The molecule has 0 fully saturated rings. The predicted molar refractivity (Wildman–Crippen MR) is 87.2 cm³/mol. The lowest BCUT2D eigenvalue weighted by Gasteiger charge is -2.11. The maximum atomic E-state index is 12.4. The van der Waals surface area contributed by atoms with Crippen molar-refractivity contribution in [1.82, 2.24) is 0 Å². The number of ether oxygens (including phenoxy) is 3. The molecule has 2 aromatic carbocycles. The molecular formula is C16H14F2N2O6. The van der Waals surface area contributed by atoms with E-state index in [1.54, 1.807) is 0 Å². The Bertz CT molecular complexity index is 811. The Morgan fingerprint density at radius 2 is 1.69 bits per heavy atom. The van der Waals surface area contributed by atoms with Gasteiger partial charge in [-0.3, -0.25) is 14.9 Å². The van der Waals surface area contributed by atoms with Crippen LogP contribution >= 0.6 is 0 Å². The van der Waals surface area contributed by atoms with E-state index in [1.165, 1.54) is 44.6 Å². The highest BCUT2D eigenvalue weighted by Gasteiger charge is 2.24. The molecular weight excluding hydrogens is 354 g/mol. The van der Waals surface area contributed by atoms with E-state index in [2.05, 4.69) is 10.1 Å². The largest absolute Gasteiger partial charge is 0.493 e. The van der Waals surface area contributed by atoms with Gasteiger partial charge in [-0.25, -0.2) is 0 Å². The number of hydrogen-bond acceptors (Lipinski definition) is 6. The Labute approximate surface area is 146 Å². The molecule has 0 saturated carbocycles. The number of carbonyl (C=O) groups is 1. The molecule has 10 heteroatoms. The van der Waals surface area contributed by atoms with Gasteiger partial charge >= 0.3 is 6.61 Å². The summed E-state index contributed by atoms with van der Waals surface area (Å²) in [6.07, 6.45) is 0. The van der Waals surface area contributed by atoms with E-state index in [0.717, 1.165) is 6.07 Å². The quantitative estimate of drug-likeness (QED) is 0.593. The van der Waals surface area contributed by atoms with Crippen molar-refractivity contribution in [3.05, 3.63) is 52.1 Å². The van der Waals surface area contributed by atoms with Crippen LogP contribution < -0.4 is 19.5 Å². The first kappa shape index (κ1) is 18.9. The minimum Gasteiger partial charge on any atom is -0.493 e. The van der Waals surface area contributed by atoms with Crippen LogP contribution in [0.3, 0.4) is 0 Å². The van der Waals surface area contributed by atoms with Crippen molar-refractivity contribution in [1.29, 1.82) is 0 Å². The summed E-state index contributed by atoms with van der Waals surface area (Å²) in [7, 11) is 2.64. The first-order valence-electron chi connectivity index (χ1n) is 7.12. The molecule has 1 amide bonds. The molecule has 26 heavy (non-hydrogen) atoms. The summed E-state index contributed by atoms with van der Waals surface area (Å²) in [4.78, 5) is 22.9. The summed E-state index contributed by atoms with van der Waals surface area (Å²) in [6.45, 7) is -2.97. The van der Waals surface area contributed by atoms with Gasteiger partial charge in [0.15, 0.2) is 11.5 Å².